The number of anilines is 1. The smallest absolute Gasteiger partial charge is 0.146 e. The van der Waals surface area contributed by atoms with E-state index in [-0.39, 0.29) is 17.0 Å². The molecule has 0 radical (unpaired) electrons. The molecule has 0 fully saturated rings. The van der Waals surface area contributed by atoms with E-state index in [1.165, 1.54) is 0 Å². The average molecular weight is 257 g/mol. The quantitative estimate of drug-likeness (QED) is 0.762. The Bertz CT molecular complexity index is 176. The van der Waals surface area contributed by atoms with Crippen LogP contribution in [-0.4, -0.2) is 9.78 Å². The molecule has 0 aliphatic rings. The van der Waals surface area contributed by atoms with E-state index in [0.29, 0.717) is 5.82 Å². The van der Waals surface area contributed by atoms with Gasteiger partial charge < -0.3 is 5.73 Å². The summed E-state index contributed by atoms with van der Waals surface area (Å²) in [4.78, 5) is 0. The van der Waals surface area contributed by atoms with E-state index in [1.807, 2.05) is 7.05 Å². The van der Waals surface area contributed by atoms with Crippen LogP contribution in [0, 0.1) is 0 Å². The van der Waals surface area contributed by atoms with Crippen molar-refractivity contribution in [1.29, 1.82) is 0 Å². The maximum absolute atomic E-state index is 5.32. The first-order valence-electron chi connectivity index (χ1n) is 2.15. The van der Waals surface area contributed by atoms with E-state index in [4.69, 9.17) is 5.73 Å². The highest BCUT2D eigenvalue weighted by Crippen LogP contribution is 2.10. The summed E-state index contributed by atoms with van der Waals surface area (Å²) in [5.41, 5.74) is 5.32. The Morgan fingerprint density at radius 3 is 2.44 bits per heavy atom. The lowest BCUT2D eigenvalue weighted by Gasteiger charge is -1.85. The van der Waals surface area contributed by atoms with Gasteiger partial charge >= 0.3 is 0 Å². The summed E-state index contributed by atoms with van der Waals surface area (Å²) in [5.74, 6) is 0.541. The lowest BCUT2D eigenvalue weighted by Crippen LogP contribution is -1.91. The number of aromatic nitrogens is 2. The summed E-state index contributed by atoms with van der Waals surface area (Å²) in [7, 11) is 1.82. The number of nitrogen functional groups attached to an aromatic ring is 1. The molecule has 0 amide bonds. The first-order valence-corrected chi connectivity index (χ1v) is 2.94. The fourth-order valence-electron chi connectivity index (χ4n) is 0.465. The molecule has 0 saturated carbocycles. The molecular formula is C4H7Br2N3. The van der Waals surface area contributed by atoms with Gasteiger partial charge in [-0.05, 0) is 15.9 Å². The van der Waals surface area contributed by atoms with Gasteiger partial charge in [-0.1, -0.05) is 0 Å². The van der Waals surface area contributed by atoms with Gasteiger partial charge in [0.15, 0.2) is 0 Å². The van der Waals surface area contributed by atoms with Crippen LogP contribution in [0.25, 0.3) is 0 Å². The molecule has 1 rings (SSSR count). The topological polar surface area (TPSA) is 43.8 Å². The van der Waals surface area contributed by atoms with Crippen LogP contribution in [0.15, 0.2) is 10.7 Å². The minimum absolute atomic E-state index is 0. The molecule has 1 aromatic rings. The van der Waals surface area contributed by atoms with Crippen LogP contribution in [-0.2, 0) is 7.05 Å². The SMILES string of the molecule is Br.Cn1nc(N)cc1Br. The molecule has 0 bridgehead atoms. The van der Waals surface area contributed by atoms with Gasteiger partial charge in [-0.25, -0.2) is 0 Å². The van der Waals surface area contributed by atoms with Crippen molar-refractivity contribution >= 4 is 38.7 Å². The molecule has 9 heavy (non-hydrogen) atoms. The van der Waals surface area contributed by atoms with E-state index in [9.17, 15) is 0 Å². The van der Waals surface area contributed by atoms with Crippen LogP contribution in [0.2, 0.25) is 0 Å². The first-order chi connectivity index (χ1) is 3.70. The Kier molecular flexibility index (Phi) is 3.21. The predicted molar refractivity (Wildman–Crippen MR) is 45.6 cm³/mol. The Balaban J connectivity index is 0.000000640. The second-order valence-corrected chi connectivity index (χ2v) is 2.33. The van der Waals surface area contributed by atoms with Crippen molar-refractivity contribution in [2.45, 2.75) is 0 Å². The number of nitrogens with zero attached hydrogens (tertiary/aromatic N) is 2. The molecule has 0 aromatic carbocycles. The van der Waals surface area contributed by atoms with Crippen molar-refractivity contribution in [2.24, 2.45) is 7.05 Å². The maximum atomic E-state index is 5.32. The Hall–Kier alpha value is -0.0300. The number of nitrogens with two attached hydrogens (primary N) is 1. The minimum Gasteiger partial charge on any atom is -0.382 e. The van der Waals surface area contributed by atoms with Gasteiger partial charge in [0, 0.05) is 13.1 Å². The third-order valence-corrected chi connectivity index (χ3v) is 1.58. The molecule has 3 nitrogen and oxygen atoms in total. The van der Waals surface area contributed by atoms with E-state index < -0.39 is 0 Å². The van der Waals surface area contributed by atoms with E-state index in [2.05, 4.69) is 21.0 Å². The number of hydrogen-bond donors (Lipinski definition) is 1. The van der Waals surface area contributed by atoms with Crippen LogP contribution >= 0.6 is 32.9 Å². The van der Waals surface area contributed by atoms with Gasteiger partial charge in [-0.3, -0.25) is 4.68 Å². The number of halogens is 2. The van der Waals surface area contributed by atoms with Gasteiger partial charge in [0.1, 0.15) is 10.4 Å². The summed E-state index contributed by atoms with van der Waals surface area (Å²) < 4.78 is 2.56. The van der Waals surface area contributed by atoms with Crippen molar-refractivity contribution in [3.05, 3.63) is 10.7 Å². The van der Waals surface area contributed by atoms with E-state index >= 15 is 0 Å². The second kappa shape index (κ2) is 3.22. The minimum atomic E-state index is 0. The molecule has 5 heteroatoms. The summed E-state index contributed by atoms with van der Waals surface area (Å²) >= 11 is 3.24. The van der Waals surface area contributed by atoms with Crippen molar-refractivity contribution in [3.8, 4) is 0 Å². The Morgan fingerprint density at radius 2 is 2.33 bits per heavy atom. The summed E-state index contributed by atoms with van der Waals surface area (Å²) in [6.45, 7) is 0. The molecule has 0 spiro atoms. The highest BCUT2D eigenvalue weighted by Gasteiger charge is 1.94. The maximum Gasteiger partial charge on any atom is 0.146 e. The molecule has 1 aromatic heterocycles. The molecular weight excluding hydrogens is 250 g/mol. The van der Waals surface area contributed by atoms with Gasteiger partial charge in [0.25, 0.3) is 0 Å². The van der Waals surface area contributed by atoms with Gasteiger partial charge in [-0.15, -0.1) is 17.0 Å². The zero-order valence-corrected chi connectivity index (χ0v) is 8.13. The molecule has 0 aliphatic carbocycles. The third-order valence-electron chi connectivity index (χ3n) is 0.842. The summed E-state index contributed by atoms with van der Waals surface area (Å²) in [6.07, 6.45) is 0. The predicted octanol–water partition coefficient (Wildman–Crippen LogP) is 1.34. The Morgan fingerprint density at radius 1 is 1.78 bits per heavy atom. The number of aryl methyl sites for hydroxylation is 1. The molecule has 0 saturated heterocycles. The fourth-order valence-corrected chi connectivity index (χ4v) is 0.779. The molecule has 0 unspecified atom stereocenters. The van der Waals surface area contributed by atoms with Crippen LogP contribution < -0.4 is 5.73 Å². The van der Waals surface area contributed by atoms with Crippen LogP contribution in [0.1, 0.15) is 0 Å². The Labute approximate surface area is 72.1 Å². The summed E-state index contributed by atoms with van der Waals surface area (Å²) in [5, 5.41) is 3.86. The van der Waals surface area contributed by atoms with Crippen LogP contribution in [0.5, 0.6) is 0 Å². The number of rotatable bonds is 0. The zero-order chi connectivity index (χ0) is 6.15. The molecule has 0 aliphatic heterocycles. The normalized spacial score (nSPS) is 8.67. The number of hydrogen-bond acceptors (Lipinski definition) is 2. The summed E-state index contributed by atoms with van der Waals surface area (Å²) in [6, 6.07) is 1.75. The standard InChI is InChI=1S/C4H6BrN3.BrH/c1-8-3(5)2-4(6)7-8;/h2H,1H3,(H2,6,7);1H. The molecule has 1 heterocycles. The van der Waals surface area contributed by atoms with Gasteiger partial charge in [0.05, 0.1) is 0 Å². The third kappa shape index (κ3) is 1.98. The second-order valence-electron chi connectivity index (χ2n) is 1.52. The zero-order valence-electron chi connectivity index (χ0n) is 4.84. The largest absolute Gasteiger partial charge is 0.382 e. The van der Waals surface area contributed by atoms with Crippen LogP contribution in [0.4, 0.5) is 5.82 Å². The fraction of sp³-hybridized carbons (Fsp3) is 0.250. The van der Waals surface area contributed by atoms with Crippen molar-refractivity contribution in [3.63, 3.8) is 0 Å². The monoisotopic (exact) mass is 255 g/mol. The van der Waals surface area contributed by atoms with Gasteiger partial charge in [-0.2, -0.15) is 5.10 Å². The van der Waals surface area contributed by atoms with Crippen molar-refractivity contribution in [2.75, 3.05) is 5.73 Å². The molecule has 0 atom stereocenters. The van der Waals surface area contributed by atoms with Crippen LogP contribution in [0.3, 0.4) is 0 Å². The van der Waals surface area contributed by atoms with Crippen molar-refractivity contribution < 1.29 is 0 Å². The average Bonchev–Trinajstić information content (AvgIpc) is 1.85. The lowest BCUT2D eigenvalue weighted by atomic mass is 10.7. The van der Waals surface area contributed by atoms with E-state index in [1.54, 1.807) is 10.7 Å². The van der Waals surface area contributed by atoms with E-state index in [0.717, 1.165) is 4.60 Å². The highest BCUT2D eigenvalue weighted by molar-refractivity contribution is 9.10. The molecule has 52 valence electrons. The highest BCUT2D eigenvalue weighted by atomic mass is 79.9. The van der Waals surface area contributed by atoms with Crippen molar-refractivity contribution in [1.82, 2.24) is 9.78 Å². The lowest BCUT2D eigenvalue weighted by molar-refractivity contribution is 0.753. The molecule has 2 N–H and O–H groups in total. The van der Waals surface area contributed by atoms with Gasteiger partial charge in [0.2, 0.25) is 0 Å². The first kappa shape index (κ1) is 8.97.